The van der Waals surface area contributed by atoms with Gasteiger partial charge in [0.15, 0.2) is 0 Å². The highest BCUT2D eigenvalue weighted by molar-refractivity contribution is 6.42. The molecule has 0 aliphatic carbocycles. The molecule has 2 rings (SSSR count). The average molecular weight is 355 g/mol. The Balaban J connectivity index is 2.22. The van der Waals surface area contributed by atoms with Crippen LogP contribution in [0.2, 0.25) is 15.1 Å². The van der Waals surface area contributed by atoms with Crippen molar-refractivity contribution in [3.05, 3.63) is 62.6 Å². The third kappa shape index (κ3) is 3.96. The Bertz CT molecular complexity index is 656. The number of rotatable bonds is 3. The molecule has 0 saturated heterocycles. The molecule has 7 heteroatoms. The Morgan fingerprint density at radius 1 is 0.952 bits per heavy atom. The first-order valence-electron chi connectivity index (χ1n) is 5.82. The van der Waals surface area contributed by atoms with Gasteiger partial charge in [-0.05, 0) is 29.8 Å². The minimum atomic E-state index is -4.42. The summed E-state index contributed by atoms with van der Waals surface area (Å²) in [4.78, 5) is 0. The molecular formula is C14H9Cl3F3N. The number of nitrogens with one attached hydrogen (secondary N) is 1. The van der Waals surface area contributed by atoms with Gasteiger partial charge in [0.1, 0.15) is 0 Å². The van der Waals surface area contributed by atoms with Crippen molar-refractivity contribution in [2.24, 2.45) is 0 Å². The zero-order chi connectivity index (χ0) is 15.6. The highest BCUT2D eigenvalue weighted by Gasteiger charge is 2.30. The smallest absolute Gasteiger partial charge is 0.380 e. The van der Waals surface area contributed by atoms with Crippen molar-refractivity contribution in [1.29, 1.82) is 0 Å². The number of hydrogen-bond acceptors (Lipinski definition) is 1. The summed E-state index contributed by atoms with van der Waals surface area (Å²) in [7, 11) is 0. The largest absolute Gasteiger partial charge is 0.416 e. The molecule has 0 saturated carbocycles. The molecule has 0 heterocycles. The van der Waals surface area contributed by atoms with Gasteiger partial charge >= 0.3 is 6.18 Å². The molecule has 0 radical (unpaired) electrons. The molecule has 0 aliphatic heterocycles. The standard InChI is InChI=1S/C14H9Cl3F3N/c15-10-5-4-9(14(18,19)20)6-12(10)21-7-8-2-1-3-11(16)13(8)17/h1-6,21H,7H2. The quantitative estimate of drug-likeness (QED) is 0.684. The van der Waals surface area contributed by atoms with Crippen LogP contribution in [0.25, 0.3) is 0 Å². The molecule has 0 atom stereocenters. The molecule has 0 aliphatic rings. The number of halogens is 6. The Hall–Kier alpha value is -1.10. The molecule has 0 bridgehead atoms. The maximum atomic E-state index is 12.7. The van der Waals surface area contributed by atoms with Crippen molar-refractivity contribution in [3.8, 4) is 0 Å². The molecule has 0 amide bonds. The van der Waals surface area contributed by atoms with Crippen molar-refractivity contribution >= 4 is 40.5 Å². The van der Waals surface area contributed by atoms with E-state index in [-0.39, 0.29) is 17.3 Å². The Morgan fingerprint density at radius 3 is 2.33 bits per heavy atom. The van der Waals surface area contributed by atoms with Crippen LogP contribution in [0.3, 0.4) is 0 Å². The van der Waals surface area contributed by atoms with Crippen LogP contribution in [0.5, 0.6) is 0 Å². The summed E-state index contributed by atoms with van der Waals surface area (Å²) in [5.74, 6) is 0. The molecular weight excluding hydrogens is 346 g/mol. The number of benzene rings is 2. The van der Waals surface area contributed by atoms with Gasteiger partial charge in [0.2, 0.25) is 0 Å². The van der Waals surface area contributed by atoms with Crippen LogP contribution in [-0.2, 0) is 12.7 Å². The fourth-order valence-corrected chi connectivity index (χ4v) is 2.28. The van der Waals surface area contributed by atoms with E-state index in [1.165, 1.54) is 6.07 Å². The van der Waals surface area contributed by atoms with Gasteiger partial charge in [0, 0.05) is 6.54 Å². The molecule has 112 valence electrons. The van der Waals surface area contributed by atoms with E-state index < -0.39 is 11.7 Å². The Morgan fingerprint density at radius 2 is 1.67 bits per heavy atom. The molecule has 1 N–H and O–H groups in total. The lowest BCUT2D eigenvalue weighted by Crippen LogP contribution is -2.07. The van der Waals surface area contributed by atoms with E-state index in [9.17, 15) is 13.2 Å². The maximum Gasteiger partial charge on any atom is 0.416 e. The fourth-order valence-electron chi connectivity index (χ4n) is 1.71. The van der Waals surface area contributed by atoms with E-state index in [0.717, 1.165) is 12.1 Å². The summed E-state index contributed by atoms with van der Waals surface area (Å²) in [5, 5.41) is 3.77. The summed E-state index contributed by atoms with van der Waals surface area (Å²) in [6.07, 6.45) is -4.42. The van der Waals surface area contributed by atoms with Gasteiger partial charge in [-0.1, -0.05) is 46.9 Å². The van der Waals surface area contributed by atoms with Crippen LogP contribution in [0.15, 0.2) is 36.4 Å². The topological polar surface area (TPSA) is 12.0 Å². The van der Waals surface area contributed by atoms with Crippen molar-refractivity contribution in [1.82, 2.24) is 0 Å². The lowest BCUT2D eigenvalue weighted by Gasteiger charge is -2.13. The fraction of sp³-hybridized carbons (Fsp3) is 0.143. The van der Waals surface area contributed by atoms with Crippen LogP contribution in [0, 0.1) is 0 Å². The summed E-state index contributed by atoms with van der Waals surface area (Å²) < 4.78 is 38.0. The lowest BCUT2D eigenvalue weighted by atomic mass is 10.1. The predicted octanol–water partition coefficient (Wildman–Crippen LogP) is 6.28. The SMILES string of the molecule is FC(F)(F)c1ccc(Cl)c(NCc2cccc(Cl)c2Cl)c1. The van der Waals surface area contributed by atoms with Gasteiger partial charge in [-0.2, -0.15) is 13.2 Å². The van der Waals surface area contributed by atoms with Gasteiger partial charge < -0.3 is 5.32 Å². The maximum absolute atomic E-state index is 12.7. The molecule has 0 aromatic heterocycles. The molecule has 2 aromatic rings. The van der Waals surface area contributed by atoms with Crippen LogP contribution < -0.4 is 5.32 Å². The molecule has 21 heavy (non-hydrogen) atoms. The molecule has 0 unspecified atom stereocenters. The van der Waals surface area contributed by atoms with E-state index in [0.29, 0.717) is 15.6 Å². The second-order valence-electron chi connectivity index (χ2n) is 4.26. The minimum Gasteiger partial charge on any atom is -0.380 e. The second kappa shape index (κ2) is 6.34. The summed E-state index contributed by atoms with van der Waals surface area (Å²) in [5.41, 5.74) is 0.0757. The number of hydrogen-bond donors (Lipinski definition) is 1. The highest BCUT2D eigenvalue weighted by atomic mass is 35.5. The van der Waals surface area contributed by atoms with Gasteiger partial charge in [0.25, 0.3) is 0 Å². The zero-order valence-electron chi connectivity index (χ0n) is 10.4. The third-order valence-electron chi connectivity index (χ3n) is 2.79. The van der Waals surface area contributed by atoms with E-state index >= 15 is 0 Å². The van der Waals surface area contributed by atoms with E-state index in [1.807, 2.05) is 0 Å². The molecule has 1 nitrogen and oxygen atoms in total. The number of anilines is 1. The first kappa shape index (κ1) is 16.3. The summed E-state index contributed by atoms with van der Waals surface area (Å²) in [6.45, 7) is 0.209. The van der Waals surface area contributed by atoms with Gasteiger partial charge in [0.05, 0.1) is 26.3 Å². The van der Waals surface area contributed by atoms with E-state index in [1.54, 1.807) is 18.2 Å². The van der Waals surface area contributed by atoms with E-state index in [2.05, 4.69) is 5.32 Å². The van der Waals surface area contributed by atoms with Crippen molar-refractivity contribution in [2.75, 3.05) is 5.32 Å². The predicted molar refractivity (Wildman–Crippen MR) is 80.2 cm³/mol. The minimum absolute atomic E-state index is 0.183. The van der Waals surface area contributed by atoms with E-state index in [4.69, 9.17) is 34.8 Å². The van der Waals surface area contributed by atoms with Crippen LogP contribution in [0.1, 0.15) is 11.1 Å². The number of alkyl halides is 3. The third-order valence-corrected chi connectivity index (χ3v) is 3.98. The van der Waals surface area contributed by atoms with Crippen LogP contribution >= 0.6 is 34.8 Å². The molecule has 0 spiro atoms. The normalized spacial score (nSPS) is 11.5. The first-order valence-corrected chi connectivity index (χ1v) is 6.96. The monoisotopic (exact) mass is 353 g/mol. The van der Waals surface area contributed by atoms with Gasteiger partial charge in [-0.25, -0.2) is 0 Å². The first-order chi connectivity index (χ1) is 9.79. The lowest BCUT2D eigenvalue weighted by molar-refractivity contribution is -0.137. The Kier molecular flexibility index (Phi) is 4.91. The second-order valence-corrected chi connectivity index (χ2v) is 5.45. The Labute approximate surface area is 134 Å². The van der Waals surface area contributed by atoms with Crippen LogP contribution in [-0.4, -0.2) is 0 Å². The molecule has 0 fully saturated rings. The summed E-state index contributed by atoms with van der Waals surface area (Å²) >= 11 is 17.8. The van der Waals surface area contributed by atoms with Gasteiger partial charge in [-0.15, -0.1) is 0 Å². The highest BCUT2D eigenvalue weighted by Crippen LogP contribution is 2.34. The van der Waals surface area contributed by atoms with Crippen molar-refractivity contribution in [2.45, 2.75) is 12.7 Å². The average Bonchev–Trinajstić information content (AvgIpc) is 2.40. The zero-order valence-corrected chi connectivity index (χ0v) is 12.7. The van der Waals surface area contributed by atoms with Gasteiger partial charge in [-0.3, -0.25) is 0 Å². The van der Waals surface area contributed by atoms with Crippen molar-refractivity contribution < 1.29 is 13.2 Å². The molecule has 2 aromatic carbocycles. The van der Waals surface area contributed by atoms with Crippen molar-refractivity contribution in [3.63, 3.8) is 0 Å². The van der Waals surface area contributed by atoms with Crippen LogP contribution in [0.4, 0.5) is 18.9 Å². The summed E-state index contributed by atoms with van der Waals surface area (Å²) in [6, 6.07) is 8.15.